The second-order valence-corrected chi connectivity index (χ2v) is 13.4. The van der Waals surface area contributed by atoms with Crippen molar-refractivity contribution in [1.82, 2.24) is 19.8 Å². The second kappa shape index (κ2) is 12.7. The largest absolute Gasteiger partial charge is 0.465 e. The molecule has 0 amide bonds. The van der Waals surface area contributed by atoms with E-state index in [0.717, 1.165) is 80.5 Å². The van der Waals surface area contributed by atoms with Crippen LogP contribution < -0.4 is 4.74 Å². The molecule has 4 aliphatic rings. The van der Waals surface area contributed by atoms with Crippen molar-refractivity contribution in [2.75, 3.05) is 52.5 Å². The Morgan fingerprint density at radius 1 is 1.16 bits per heavy atom. The Morgan fingerprint density at radius 3 is 2.69 bits per heavy atom. The van der Waals surface area contributed by atoms with E-state index in [9.17, 15) is 4.79 Å². The molecule has 1 aromatic carbocycles. The minimum atomic E-state index is -0.509. The summed E-state index contributed by atoms with van der Waals surface area (Å²) in [5.74, 6) is 0.364. The van der Waals surface area contributed by atoms with Crippen molar-refractivity contribution in [3.05, 3.63) is 88.6 Å². The second-order valence-electron chi connectivity index (χ2n) is 12.9. The van der Waals surface area contributed by atoms with Crippen molar-refractivity contribution in [3.8, 4) is 5.75 Å². The van der Waals surface area contributed by atoms with Crippen LogP contribution in [0, 0.1) is 17.3 Å². The van der Waals surface area contributed by atoms with Gasteiger partial charge in [0.1, 0.15) is 23.1 Å². The molecule has 2 aliphatic heterocycles. The highest BCUT2D eigenvalue weighted by atomic mass is 35.5. The van der Waals surface area contributed by atoms with E-state index in [2.05, 4.69) is 44.9 Å². The van der Waals surface area contributed by atoms with Gasteiger partial charge in [0.2, 0.25) is 0 Å². The average Bonchev–Trinajstić information content (AvgIpc) is 3.49. The predicted molar refractivity (Wildman–Crippen MR) is 176 cm³/mol. The van der Waals surface area contributed by atoms with Gasteiger partial charge in [-0.2, -0.15) is 0 Å². The molecule has 7 rings (SSSR count). The molecule has 1 spiro atoms. The van der Waals surface area contributed by atoms with Crippen LogP contribution in [0.2, 0.25) is 5.02 Å². The van der Waals surface area contributed by atoms with Gasteiger partial charge in [-0.3, -0.25) is 9.69 Å². The van der Waals surface area contributed by atoms with Crippen LogP contribution in [0.15, 0.2) is 78.0 Å². The van der Waals surface area contributed by atoms with Crippen molar-refractivity contribution >= 4 is 34.2 Å². The predicted octanol–water partition coefficient (Wildman–Crippen LogP) is 6.46. The van der Waals surface area contributed by atoms with E-state index in [1.807, 2.05) is 43.5 Å². The van der Waals surface area contributed by atoms with Gasteiger partial charge >= 0.3 is 5.97 Å². The molecule has 236 valence electrons. The standard InChI is InChI=1S/C36H41ClN4O4/c1-3-44-35(42)33-24(2)16-29(18-32(33)45-30-17-26-9-11-38-34(26)39-20-30)41-14-12-40(13-15-41)21-27-8-10-36(22-43-23-36)19-31(27)25-4-6-28(37)7-5-25/h4-7,9,11,16-18,20,24,33H,3,8,10,12-15,19,21-23H2,1-2H3,(H,38,39). The molecule has 2 saturated heterocycles. The van der Waals surface area contributed by atoms with Gasteiger partial charge in [0.15, 0.2) is 0 Å². The summed E-state index contributed by atoms with van der Waals surface area (Å²) in [5.41, 5.74) is 6.52. The lowest BCUT2D eigenvalue weighted by Gasteiger charge is -2.46. The zero-order valence-corrected chi connectivity index (χ0v) is 26.8. The Balaban J connectivity index is 1.07. The number of hydrogen-bond acceptors (Lipinski definition) is 7. The number of carbonyl (C=O) groups is 1. The quantitative estimate of drug-likeness (QED) is 0.287. The lowest BCUT2D eigenvalue weighted by atomic mass is 9.69. The number of nitrogens with zero attached hydrogens (tertiary/aromatic N) is 3. The molecule has 2 aliphatic carbocycles. The van der Waals surface area contributed by atoms with Gasteiger partial charge in [0.05, 0.1) is 26.0 Å². The van der Waals surface area contributed by atoms with Crippen LogP contribution in [0.5, 0.6) is 5.75 Å². The van der Waals surface area contributed by atoms with Gasteiger partial charge in [-0.1, -0.05) is 42.3 Å². The number of aromatic amines is 1. The van der Waals surface area contributed by atoms with Gasteiger partial charge in [-0.05, 0) is 67.5 Å². The Hall–Kier alpha value is -3.59. The van der Waals surface area contributed by atoms with Crippen LogP contribution in [0.25, 0.3) is 16.6 Å². The summed E-state index contributed by atoms with van der Waals surface area (Å²) < 4.78 is 17.5. The lowest BCUT2D eigenvalue weighted by Crippen LogP contribution is -2.48. The lowest BCUT2D eigenvalue weighted by molar-refractivity contribution is -0.148. The minimum Gasteiger partial charge on any atom is -0.465 e. The fourth-order valence-electron chi connectivity index (χ4n) is 7.23. The number of piperazine rings is 1. The molecule has 4 heterocycles. The van der Waals surface area contributed by atoms with E-state index >= 15 is 0 Å². The molecule has 1 N–H and O–H groups in total. The number of rotatable bonds is 8. The Bertz CT molecular complexity index is 1650. The number of nitrogens with one attached hydrogen (secondary N) is 1. The van der Waals surface area contributed by atoms with Crippen molar-refractivity contribution < 1.29 is 19.0 Å². The number of carbonyl (C=O) groups excluding carboxylic acids is 1. The van der Waals surface area contributed by atoms with E-state index in [-0.39, 0.29) is 11.9 Å². The first-order valence-electron chi connectivity index (χ1n) is 16.1. The maximum atomic E-state index is 13.1. The first-order valence-corrected chi connectivity index (χ1v) is 16.5. The zero-order chi connectivity index (χ0) is 31.0. The summed E-state index contributed by atoms with van der Waals surface area (Å²) in [6.45, 7) is 10.7. The fourth-order valence-corrected chi connectivity index (χ4v) is 7.36. The molecule has 2 unspecified atom stereocenters. The number of pyridine rings is 1. The molecular weight excluding hydrogens is 588 g/mol. The van der Waals surface area contributed by atoms with Gasteiger partial charge in [-0.15, -0.1) is 0 Å². The Labute approximate surface area is 269 Å². The molecule has 2 aromatic heterocycles. The number of hydrogen-bond donors (Lipinski definition) is 1. The summed E-state index contributed by atoms with van der Waals surface area (Å²) >= 11 is 6.24. The highest BCUT2D eigenvalue weighted by Gasteiger charge is 2.42. The number of esters is 1. The summed E-state index contributed by atoms with van der Waals surface area (Å²) in [6.07, 6.45) is 11.2. The third-order valence-electron chi connectivity index (χ3n) is 9.80. The average molecular weight is 629 g/mol. The monoisotopic (exact) mass is 628 g/mol. The van der Waals surface area contributed by atoms with Crippen LogP contribution in [0.3, 0.4) is 0 Å². The minimum absolute atomic E-state index is 0.0711. The van der Waals surface area contributed by atoms with Gasteiger partial charge in [-0.25, -0.2) is 4.98 Å². The number of aromatic nitrogens is 2. The number of fused-ring (bicyclic) bond motifs is 1. The molecule has 0 radical (unpaired) electrons. The van der Waals surface area contributed by atoms with E-state index in [4.69, 9.17) is 25.8 Å². The van der Waals surface area contributed by atoms with Crippen LogP contribution in [-0.2, 0) is 14.3 Å². The highest BCUT2D eigenvalue weighted by molar-refractivity contribution is 6.30. The fraction of sp³-hybridized carbons (Fsp3) is 0.444. The first-order chi connectivity index (χ1) is 21.9. The molecule has 2 fully saturated rings. The smallest absolute Gasteiger partial charge is 0.317 e. The third kappa shape index (κ3) is 6.28. The third-order valence-corrected chi connectivity index (χ3v) is 10.1. The SMILES string of the molecule is CCOC(=O)C1C(Oc2cnc3[nH]ccc3c2)=CC(N2CCN(CC3=C(c4ccc(Cl)cc4)CC4(CC3)COC4)CC2)=CC1C. The summed E-state index contributed by atoms with van der Waals surface area (Å²) in [6, 6.07) is 12.3. The number of halogens is 1. The number of benzene rings is 1. The molecule has 2 atom stereocenters. The Morgan fingerprint density at radius 2 is 1.96 bits per heavy atom. The van der Waals surface area contributed by atoms with Gasteiger partial charge in [0, 0.05) is 66.5 Å². The molecule has 0 saturated carbocycles. The van der Waals surface area contributed by atoms with Crippen LogP contribution in [-0.4, -0.2) is 78.3 Å². The summed E-state index contributed by atoms with van der Waals surface area (Å²) in [7, 11) is 0. The van der Waals surface area contributed by atoms with Crippen molar-refractivity contribution in [2.45, 2.75) is 33.1 Å². The molecule has 8 nitrogen and oxygen atoms in total. The molecule has 9 heteroatoms. The Kier molecular flexibility index (Phi) is 8.46. The van der Waals surface area contributed by atoms with Gasteiger partial charge in [0.25, 0.3) is 0 Å². The van der Waals surface area contributed by atoms with E-state index in [0.29, 0.717) is 23.5 Å². The number of ether oxygens (including phenoxy) is 3. The maximum absolute atomic E-state index is 13.1. The summed E-state index contributed by atoms with van der Waals surface area (Å²) in [5, 5.41) is 1.73. The number of H-pyrrole nitrogens is 1. The van der Waals surface area contributed by atoms with E-state index < -0.39 is 5.92 Å². The molecule has 0 bridgehead atoms. The van der Waals surface area contributed by atoms with Gasteiger partial charge < -0.3 is 24.1 Å². The van der Waals surface area contributed by atoms with Crippen molar-refractivity contribution in [2.24, 2.45) is 17.3 Å². The van der Waals surface area contributed by atoms with E-state index in [1.54, 1.807) is 11.8 Å². The van der Waals surface area contributed by atoms with Crippen molar-refractivity contribution in [1.29, 1.82) is 0 Å². The zero-order valence-electron chi connectivity index (χ0n) is 26.1. The van der Waals surface area contributed by atoms with E-state index in [1.165, 1.54) is 17.6 Å². The number of allylic oxidation sites excluding steroid dienone is 3. The van der Waals surface area contributed by atoms with Crippen LogP contribution >= 0.6 is 11.6 Å². The molecule has 3 aromatic rings. The maximum Gasteiger partial charge on any atom is 0.317 e. The topological polar surface area (TPSA) is 79.9 Å². The normalized spacial score (nSPS) is 23.5. The van der Waals surface area contributed by atoms with Crippen LogP contribution in [0.1, 0.15) is 38.7 Å². The van der Waals surface area contributed by atoms with Crippen molar-refractivity contribution in [3.63, 3.8) is 0 Å². The molecule has 45 heavy (non-hydrogen) atoms. The summed E-state index contributed by atoms with van der Waals surface area (Å²) in [4.78, 5) is 25.7. The highest BCUT2D eigenvalue weighted by Crippen LogP contribution is 2.48. The first kappa shape index (κ1) is 30.1. The molecular formula is C36H41ClN4O4. The van der Waals surface area contributed by atoms with Crippen LogP contribution in [0.4, 0.5) is 0 Å².